The van der Waals surface area contributed by atoms with E-state index in [1.165, 1.54) is 0 Å². The van der Waals surface area contributed by atoms with Gasteiger partial charge in [-0.05, 0) is 25.8 Å². The summed E-state index contributed by atoms with van der Waals surface area (Å²) < 4.78 is 0. The molecule has 3 atom stereocenters. The molecule has 0 spiro atoms. The lowest BCUT2D eigenvalue weighted by Gasteiger charge is -2.34. The number of β-amino-alcohol motifs (C(OH)–C–C–N with tert-alkyl or cyclic N) is 1. The zero-order valence-corrected chi connectivity index (χ0v) is 10.9. The van der Waals surface area contributed by atoms with Gasteiger partial charge >= 0.3 is 0 Å². The molecule has 0 aliphatic carbocycles. The van der Waals surface area contributed by atoms with Crippen LogP contribution in [0.3, 0.4) is 0 Å². The zero-order valence-electron chi connectivity index (χ0n) is 10.9. The Morgan fingerprint density at radius 2 is 2.06 bits per heavy atom. The normalized spacial score (nSPS) is 28.2. The number of aliphatic hydroxyl groups is 1. The lowest BCUT2D eigenvalue weighted by Crippen LogP contribution is -2.52. The van der Waals surface area contributed by atoms with E-state index >= 15 is 0 Å². The summed E-state index contributed by atoms with van der Waals surface area (Å²) in [5.74, 6) is 0.0963. The molecule has 1 aliphatic heterocycles. The van der Waals surface area contributed by atoms with Crippen LogP contribution < -0.4 is 5.32 Å². The number of likely N-dealkylation sites (tertiary alicyclic amines) is 1. The predicted molar refractivity (Wildman–Crippen MR) is 64.1 cm³/mol. The Kier molecular flexibility index (Phi) is 3.97. The highest BCUT2D eigenvalue weighted by Crippen LogP contribution is 2.25. The van der Waals surface area contributed by atoms with E-state index in [2.05, 4.69) is 5.32 Å². The lowest BCUT2D eigenvalue weighted by molar-refractivity contribution is -0.136. The monoisotopic (exact) mass is 228 g/mol. The maximum absolute atomic E-state index is 12.3. The maximum Gasteiger partial charge on any atom is 0.240 e. The first-order valence-corrected chi connectivity index (χ1v) is 5.93. The molecule has 1 saturated heterocycles. The molecule has 0 saturated carbocycles. The Hall–Kier alpha value is -0.610. The summed E-state index contributed by atoms with van der Waals surface area (Å²) in [6.45, 7) is 8.59. The van der Waals surface area contributed by atoms with E-state index in [1.807, 2.05) is 34.7 Å². The van der Waals surface area contributed by atoms with Crippen molar-refractivity contribution in [2.75, 3.05) is 13.6 Å². The molecule has 0 radical (unpaired) electrons. The summed E-state index contributed by atoms with van der Waals surface area (Å²) in [6, 6.07) is -0.0547. The molecule has 94 valence electrons. The first-order chi connectivity index (χ1) is 7.27. The van der Waals surface area contributed by atoms with Crippen LogP contribution in [-0.4, -0.2) is 47.7 Å². The van der Waals surface area contributed by atoms with Gasteiger partial charge in [0, 0.05) is 12.6 Å². The van der Waals surface area contributed by atoms with Gasteiger partial charge in [0.05, 0.1) is 12.1 Å². The van der Waals surface area contributed by atoms with E-state index in [0.717, 1.165) is 0 Å². The largest absolute Gasteiger partial charge is 0.391 e. The van der Waals surface area contributed by atoms with Gasteiger partial charge in [-0.25, -0.2) is 0 Å². The van der Waals surface area contributed by atoms with E-state index in [-0.39, 0.29) is 29.5 Å². The maximum atomic E-state index is 12.3. The van der Waals surface area contributed by atoms with Crippen LogP contribution in [-0.2, 0) is 4.79 Å². The van der Waals surface area contributed by atoms with Crippen LogP contribution in [0.4, 0.5) is 0 Å². The van der Waals surface area contributed by atoms with Gasteiger partial charge in [0.2, 0.25) is 5.91 Å². The molecule has 1 fully saturated rings. The lowest BCUT2D eigenvalue weighted by atomic mass is 9.86. The van der Waals surface area contributed by atoms with Gasteiger partial charge in [-0.1, -0.05) is 20.8 Å². The second kappa shape index (κ2) is 4.72. The summed E-state index contributed by atoms with van der Waals surface area (Å²) >= 11 is 0. The van der Waals surface area contributed by atoms with Crippen molar-refractivity contribution in [1.29, 1.82) is 0 Å². The fourth-order valence-electron chi connectivity index (χ4n) is 2.40. The van der Waals surface area contributed by atoms with Crippen molar-refractivity contribution in [3.8, 4) is 0 Å². The first kappa shape index (κ1) is 13.5. The molecular formula is C12H24N2O2. The second-order valence-corrected chi connectivity index (χ2v) is 5.82. The smallest absolute Gasteiger partial charge is 0.240 e. The number of nitrogens with one attached hydrogen (secondary N) is 1. The molecule has 3 unspecified atom stereocenters. The molecule has 4 heteroatoms. The van der Waals surface area contributed by atoms with Crippen molar-refractivity contribution < 1.29 is 9.90 Å². The standard InChI is InChI=1S/C12H24N2O2/c1-8-6-9(15)7-14(8)11(16)10(13-5)12(2,3)4/h8-10,13,15H,6-7H2,1-5H3. The summed E-state index contributed by atoms with van der Waals surface area (Å²) in [7, 11) is 1.81. The average Bonchev–Trinajstić information content (AvgIpc) is 2.43. The molecule has 1 heterocycles. The SMILES string of the molecule is CNC(C(=O)N1CC(O)CC1C)C(C)(C)C. The summed E-state index contributed by atoms with van der Waals surface area (Å²) in [6.07, 6.45) is 0.322. The highest BCUT2D eigenvalue weighted by Gasteiger charge is 2.38. The summed E-state index contributed by atoms with van der Waals surface area (Å²) in [4.78, 5) is 14.1. The number of carbonyl (C=O) groups excluding carboxylic acids is 1. The van der Waals surface area contributed by atoms with E-state index in [1.54, 1.807) is 4.90 Å². The van der Waals surface area contributed by atoms with Gasteiger partial charge in [-0.2, -0.15) is 0 Å². The number of rotatable bonds is 2. The Labute approximate surface area is 98.0 Å². The highest BCUT2D eigenvalue weighted by molar-refractivity contribution is 5.83. The first-order valence-electron chi connectivity index (χ1n) is 5.93. The third-order valence-corrected chi connectivity index (χ3v) is 3.24. The van der Waals surface area contributed by atoms with Gasteiger partial charge in [0.25, 0.3) is 0 Å². The Bertz CT molecular complexity index is 260. The van der Waals surface area contributed by atoms with Crippen molar-refractivity contribution in [2.24, 2.45) is 5.41 Å². The van der Waals surface area contributed by atoms with Crippen LogP contribution in [0.1, 0.15) is 34.1 Å². The molecule has 0 aromatic heterocycles. The molecule has 0 aromatic carbocycles. The van der Waals surface area contributed by atoms with Crippen LogP contribution in [0.25, 0.3) is 0 Å². The van der Waals surface area contributed by atoms with Crippen LogP contribution in [0, 0.1) is 5.41 Å². The van der Waals surface area contributed by atoms with Gasteiger partial charge in [-0.3, -0.25) is 4.79 Å². The third kappa shape index (κ3) is 2.74. The molecule has 0 aromatic rings. The Balaban J connectivity index is 2.76. The van der Waals surface area contributed by atoms with Gasteiger partial charge in [0.15, 0.2) is 0 Å². The van der Waals surface area contributed by atoms with Gasteiger partial charge in [0.1, 0.15) is 0 Å². The van der Waals surface area contributed by atoms with Crippen molar-refractivity contribution in [1.82, 2.24) is 10.2 Å². The topological polar surface area (TPSA) is 52.6 Å². The molecular weight excluding hydrogens is 204 g/mol. The van der Waals surface area contributed by atoms with Crippen molar-refractivity contribution in [2.45, 2.75) is 52.3 Å². The van der Waals surface area contributed by atoms with Crippen molar-refractivity contribution in [3.63, 3.8) is 0 Å². The minimum absolute atomic E-state index is 0.0963. The van der Waals surface area contributed by atoms with Crippen molar-refractivity contribution in [3.05, 3.63) is 0 Å². The number of nitrogens with zero attached hydrogens (tertiary/aromatic N) is 1. The predicted octanol–water partition coefficient (Wildman–Crippen LogP) is 0.602. The number of carbonyl (C=O) groups is 1. The minimum atomic E-state index is -0.364. The number of likely N-dealkylation sites (N-methyl/N-ethyl adjacent to an activating group) is 1. The fraction of sp³-hybridized carbons (Fsp3) is 0.917. The molecule has 16 heavy (non-hydrogen) atoms. The molecule has 1 amide bonds. The Morgan fingerprint density at radius 3 is 2.38 bits per heavy atom. The van der Waals surface area contributed by atoms with E-state index in [4.69, 9.17) is 0 Å². The second-order valence-electron chi connectivity index (χ2n) is 5.82. The summed E-state index contributed by atoms with van der Waals surface area (Å²) in [5.41, 5.74) is -0.112. The molecule has 2 N–H and O–H groups in total. The number of hydrogen-bond acceptors (Lipinski definition) is 3. The molecule has 0 bridgehead atoms. The zero-order chi connectivity index (χ0) is 12.5. The van der Waals surface area contributed by atoms with Crippen molar-refractivity contribution >= 4 is 5.91 Å². The fourth-order valence-corrected chi connectivity index (χ4v) is 2.40. The molecule has 1 rings (SSSR count). The van der Waals surface area contributed by atoms with E-state index in [9.17, 15) is 9.90 Å². The van der Waals surface area contributed by atoms with Crippen LogP contribution in [0.5, 0.6) is 0 Å². The average molecular weight is 228 g/mol. The van der Waals surface area contributed by atoms with E-state index in [0.29, 0.717) is 13.0 Å². The van der Waals surface area contributed by atoms with Crippen LogP contribution >= 0.6 is 0 Å². The highest BCUT2D eigenvalue weighted by atomic mass is 16.3. The third-order valence-electron chi connectivity index (χ3n) is 3.24. The number of hydrogen-bond donors (Lipinski definition) is 2. The van der Waals surface area contributed by atoms with Gasteiger partial charge < -0.3 is 15.3 Å². The van der Waals surface area contributed by atoms with Gasteiger partial charge in [-0.15, -0.1) is 0 Å². The Morgan fingerprint density at radius 1 is 1.50 bits per heavy atom. The molecule has 1 aliphatic rings. The summed E-state index contributed by atoms with van der Waals surface area (Å²) in [5, 5.41) is 12.6. The van der Waals surface area contributed by atoms with Crippen LogP contribution in [0.2, 0.25) is 0 Å². The quantitative estimate of drug-likeness (QED) is 0.728. The molecule has 4 nitrogen and oxygen atoms in total. The van der Waals surface area contributed by atoms with E-state index < -0.39 is 0 Å². The minimum Gasteiger partial charge on any atom is -0.391 e. The number of aliphatic hydroxyl groups excluding tert-OH is 1. The number of amides is 1. The van der Waals surface area contributed by atoms with Crippen LogP contribution in [0.15, 0.2) is 0 Å².